The van der Waals surface area contributed by atoms with Crippen LogP contribution in [0.2, 0.25) is 0 Å². The summed E-state index contributed by atoms with van der Waals surface area (Å²) in [6.07, 6.45) is 0. The summed E-state index contributed by atoms with van der Waals surface area (Å²) in [6, 6.07) is 10.7. The fraction of sp³-hybridized carbons (Fsp3) is 0.250. The summed E-state index contributed by atoms with van der Waals surface area (Å²) in [6.45, 7) is 4.94. The first kappa shape index (κ1) is 20.0. The second-order valence-electron chi connectivity index (χ2n) is 6.00. The molecule has 0 fully saturated rings. The summed E-state index contributed by atoms with van der Waals surface area (Å²) in [5, 5.41) is 12.1. The summed E-state index contributed by atoms with van der Waals surface area (Å²) in [5.41, 5.74) is 0.612. The van der Waals surface area contributed by atoms with Crippen LogP contribution in [-0.2, 0) is 14.3 Å². The van der Waals surface area contributed by atoms with E-state index in [1.54, 1.807) is 38.1 Å². The Bertz CT molecular complexity index is 1080. The second kappa shape index (κ2) is 8.51. The van der Waals surface area contributed by atoms with Crippen LogP contribution in [0.3, 0.4) is 0 Å². The monoisotopic (exact) mass is 396 g/mol. The molecular formula is C20H20N4O5. The summed E-state index contributed by atoms with van der Waals surface area (Å²) in [7, 11) is 0. The van der Waals surface area contributed by atoms with Crippen LogP contribution < -0.4 is 5.32 Å². The van der Waals surface area contributed by atoms with Gasteiger partial charge in [-0.2, -0.15) is 0 Å². The molecule has 2 aromatic carbocycles. The molecule has 29 heavy (non-hydrogen) atoms. The van der Waals surface area contributed by atoms with Gasteiger partial charge in [-0.1, -0.05) is 29.5 Å². The quantitative estimate of drug-likeness (QED) is 0.638. The van der Waals surface area contributed by atoms with E-state index in [4.69, 9.17) is 9.47 Å². The first-order chi connectivity index (χ1) is 14.0. The predicted molar refractivity (Wildman–Crippen MR) is 105 cm³/mol. The number of benzene rings is 2. The van der Waals surface area contributed by atoms with E-state index in [-0.39, 0.29) is 30.5 Å². The zero-order valence-electron chi connectivity index (χ0n) is 16.3. The molecule has 0 aliphatic carbocycles. The first-order valence-corrected chi connectivity index (χ1v) is 9.07. The van der Waals surface area contributed by atoms with E-state index in [2.05, 4.69) is 15.6 Å². The fourth-order valence-corrected chi connectivity index (χ4v) is 2.96. The molecule has 0 saturated carbocycles. The van der Waals surface area contributed by atoms with E-state index in [1.807, 2.05) is 12.1 Å². The van der Waals surface area contributed by atoms with E-state index in [0.29, 0.717) is 16.8 Å². The van der Waals surface area contributed by atoms with Gasteiger partial charge in [0.05, 0.1) is 24.6 Å². The summed E-state index contributed by atoms with van der Waals surface area (Å²) >= 11 is 0. The molecule has 0 bridgehead atoms. The molecule has 0 unspecified atom stereocenters. The number of nitrogens with one attached hydrogen (secondary N) is 1. The lowest BCUT2D eigenvalue weighted by atomic mass is 10.1. The third-order valence-electron chi connectivity index (χ3n) is 4.03. The first-order valence-electron chi connectivity index (χ1n) is 9.07. The second-order valence-corrected chi connectivity index (χ2v) is 6.00. The molecule has 0 aliphatic rings. The molecule has 0 atom stereocenters. The zero-order valence-corrected chi connectivity index (χ0v) is 16.3. The molecule has 1 heterocycles. The minimum atomic E-state index is -0.774. The average molecular weight is 396 g/mol. The number of carbonyl (C=O) groups excluding carboxylic acids is 3. The molecular weight excluding hydrogens is 376 g/mol. The number of aromatic nitrogens is 3. The highest BCUT2D eigenvalue weighted by atomic mass is 16.5. The maximum atomic E-state index is 12.6. The van der Waals surface area contributed by atoms with Gasteiger partial charge in [0.15, 0.2) is 5.69 Å². The lowest BCUT2D eigenvalue weighted by Crippen LogP contribution is -2.17. The molecule has 0 aliphatic heterocycles. The van der Waals surface area contributed by atoms with Gasteiger partial charge in [0.1, 0.15) is 0 Å². The largest absolute Gasteiger partial charge is 0.461 e. The van der Waals surface area contributed by atoms with E-state index in [0.717, 1.165) is 5.39 Å². The molecule has 9 heteroatoms. The summed E-state index contributed by atoms with van der Waals surface area (Å²) in [4.78, 5) is 36.6. The molecule has 150 valence electrons. The predicted octanol–water partition coefficient (Wildman–Crippen LogP) is 2.73. The minimum Gasteiger partial charge on any atom is -0.461 e. The number of amides is 1. The Morgan fingerprint density at radius 3 is 2.31 bits per heavy atom. The third-order valence-corrected chi connectivity index (χ3v) is 4.03. The molecule has 9 nitrogen and oxygen atoms in total. The molecule has 0 saturated heterocycles. The molecule has 1 N–H and O–H groups in total. The lowest BCUT2D eigenvalue weighted by Gasteiger charge is -2.13. The van der Waals surface area contributed by atoms with Gasteiger partial charge in [0, 0.05) is 12.3 Å². The van der Waals surface area contributed by atoms with Crippen LogP contribution >= 0.6 is 0 Å². The number of fused-ring (bicyclic) bond motifs is 1. The van der Waals surface area contributed by atoms with Crippen LogP contribution in [0, 0.1) is 0 Å². The maximum Gasteiger partial charge on any atom is 0.361 e. The van der Waals surface area contributed by atoms with Gasteiger partial charge in [-0.05, 0) is 31.4 Å². The molecule has 3 aromatic rings. The Labute approximate surface area is 166 Å². The number of hydrogen-bond acceptors (Lipinski definition) is 7. The number of ether oxygens (including phenoxy) is 2. The highest BCUT2D eigenvalue weighted by Gasteiger charge is 2.29. The van der Waals surface area contributed by atoms with Gasteiger partial charge in [-0.25, -0.2) is 14.3 Å². The van der Waals surface area contributed by atoms with Crippen molar-refractivity contribution in [2.45, 2.75) is 20.8 Å². The molecule has 1 amide bonds. The molecule has 1 aromatic heterocycles. The summed E-state index contributed by atoms with van der Waals surface area (Å²) in [5.74, 6) is -1.78. The Balaban J connectivity index is 2.28. The Kier molecular flexibility index (Phi) is 5.87. The molecule has 3 rings (SSSR count). The number of rotatable bonds is 6. The van der Waals surface area contributed by atoms with E-state index in [9.17, 15) is 14.4 Å². The summed E-state index contributed by atoms with van der Waals surface area (Å²) < 4.78 is 11.3. The van der Waals surface area contributed by atoms with Crippen LogP contribution in [0.5, 0.6) is 0 Å². The number of esters is 2. The Hall–Kier alpha value is -3.75. The maximum absolute atomic E-state index is 12.6. The van der Waals surface area contributed by atoms with Crippen molar-refractivity contribution in [2.24, 2.45) is 0 Å². The van der Waals surface area contributed by atoms with Crippen molar-refractivity contribution in [1.29, 1.82) is 0 Å². The van der Waals surface area contributed by atoms with Crippen molar-refractivity contribution in [3.63, 3.8) is 0 Å². The van der Waals surface area contributed by atoms with Gasteiger partial charge in [0.2, 0.25) is 11.6 Å². The van der Waals surface area contributed by atoms with Crippen molar-refractivity contribution in [3.05, 3.63) is 47.8 Å². The highest BCUT2D eigenvalue weighted by molar-refractivity contribution is 6.07. The Morgan fingerprint density at radius 2 is 1.66 bits per heavy atom. The molecule has 0 radical (unpaired) electrons. The minimum absolute atomic E-state index is 0.110. The van der Waals surface area contributed by atoms with Gasteiger partial charge >= 0.3 is 11.9 Å². The van der Waals surface area contributed by atoms with Gasteiger partial charge in [-0.3, -0.25) is 4.79 Å². The van der Waals surface area contributed by atoms with Crippen LogP contribution in [0.25, 0.3) is 16.5 Å². The molecule has 0 spiro atoms. The van der Waals surface area contributed by atoms with Crippen molar-refractivity contribution >= 4 is 34.3 Å². The number of hydrogen-bond donors (Lipinski definition) is 1. The Morgan fingerprint density at radius 1 is 1.00 bits per heavy atom. The van der Waals surface area contributed by atoms with Crippen LogP contribution in [0.1, 0.15) is 41.7 Å². The van der Waals surface area contributed by atoms with Crippen LogP contribution in [0.4, 0.5) is 5.69 Å². The normalized spacial score (nSPS) is 10.6. The van der Waals surface area contributed by atoms with Crippen molar-refractivity contribution in [1.82, 2.24) is 15.0 Å². The van der Waals surface area contributed by atoms with Crippen molar-refractivity contribution in [3.8, 4) is 5.69 Å². The van der Waals surface area contributed by atoms with E-state index < -0.39 is 11.9 Å². The van der Waals surface area contributed by atoms with Crippen LogP contribution in [-0.4, -0.2) is 46.1 Å². The number of anilines is 1. The average Bonchev–Trinajstić information content (AvgIpc) is 3.13. The van der Waals surface area contributed by atoms with Crippen molar-refractivity contribution in [2.75, 3.05) is 18.5 Å². The van der Waals surface area contributed by atoms with Gasteiger partial charge < -0.3 is 14.8 Å². The smallest absolute Gasteiger partial charge is 0.361 e. The zero-order chi connectivity index (χ0) is 21.0. The number of nitrogens with zero attached hydrogens (tertiary/aromatic N) is 3. The van der Waals surface area contributed by atoms with E-state index >= 15 is 0 Å². The standard InChI is InChI=1S/C20H20N4O5/c1-4-28-19(26)17-18(20(27)29-5-2)24(23-22-17)15-11-7-9-13-8-6-10-14(16(13)15)21-12(3)25/h6-11H,4-5H2,1-3H3,(H,21,25). The van der Waals surface area contributed by atoms with Crippen LogP contribution in [0.15, 0.2) is 36.4 Å². The van der Waals surface area contributed by atoms with Crippen molar-refractivity contribution < 1.29 is 23.9 Å². The van der Waals surface area contributed by atoms with Gasteiger partial charge in [-0.15, -0.1) is 5.10 Å². The topological polar surface area (TPSA) is 112 Å². The number of carbonyl (C=O) groups is 3. The van der Waals surface area contributed by atoms with E-state index in [1.165, 1.54) is 11.6 Å². The highest BCUT2D eigenvalue weighted by Crippen LogP contribution is 2.30. The third kappa shape index (κ3) is 3.93. The fourth-order valence-electron chi connectivity index (χ4n) is 2.96. The lowest BCUT2D eigenvalue weighted by molar-refractivity contribution is -0.114. The SMILES string of the molecule is CCOC(=O)c1nnn(-c2cccc3cccc(NC(C)=O)c23)c1C(=O)OCC. The van der Waals surface area contributed by atoms with Gasteiger partial charge in [0.25, 0.3) is 0 Å².